The van der Waals surface area contributed by atoms with E-state index in [9.17, 15) is 4.79 Å². The maximum Gasteiger partial charge on any atom is 0.283 e. The molecule has 10 heteroatoms. The Bertz CT molecular complexity index is 1150. The number of carbonyl (C=O) groups is 1. The summed E-state index contributed by atoms with van der Waals surface area (Å²) < 4.78 is 21.0. The molecule has 0 saturated heterocycles. The number of benzene rings is 2. The Morgan fingerprint density at radius 2 is 1.82 bits per heavy atom. The molecule has 0 radical (unpaired) electrons. The van der Waals surface area contributed by atoms with Gasteiger partial charge in [0, 0.05) is 0 Å². The predicted octanol–water partition coefficient (Wildman–Crippen LogP) is 4.48. The molecule has 4 rings (SSSR count). The summed E-state index contributed by atoms with van der Waals surface area (Å²) in [6, 6.07) is 14.7. The van der Waals surface area contributed by atoms with Crippen LogP contribution in [0.15, 0.2) is 63.5 Å². The third kappa shape index (κ3) is 5.23. The molecule has 1 amide bonds. The average molecular weight is 483 g/mol. The summed E-state index contributed by atoms with van der Waals surface area (Å²) in [4.78, 5) is 18.2. The number of hydrogen-bond donors (Lipinski definition) is 1. The molecule has 0 atom stereocenters. The number of hydrogen-bond acceptors (Lipinski definition) is 8. The standard InChI is InChI=1S/C23H22N4O4S2/c1-3-32-23-26-33-22-25-21(28)17(20(24)27(22)23)14-15-8-10-16(11-9-15)30-12-13-31-19-7-5-4-6-18(19)29-2/h4-11,14,24H,3,12-13H2,1-2H3/b17-14-,24-20?. The molecule has 0 aliphatic carbocycles. The molecule has 170 valence electrons. The Balaban J connectivity index is 1.36. The Morgan fingerprint density at radius 3 is 2.55 bits per heavy atom. The molecule has 8 nitrogen and oxygen atoms in total. The van der Waals surface area contributed by atoms with Gasteiger partial charge in [0.15, 0.2) is 16.7 Å². The van der Waals surface area contributed by atoms with E-state index in [1.165, 1.54) is 11.8 Å². The number of rotatable bonds is 8. The molecule has 2 heterocycles. The third-order valence-corrected chi connectivity index (χ3v) is 6.28. The van der Waals surface area contributed by atoms with Gasteiger partial charge in [0.2, 0.25) is 5.17 Å². The van der Waals surface area contributed by atoms with Gasteiger partial charge in [-0.15, -0.1) is 0 Å². The number of thioether (sulfide) groups is 1. The second-order valence-electron chi connectivity index (χ2n) is 6.76. The second-order valence-corrected chi connectivity index (χ2v) is 8.72. The molecule has 1 N–H and O–H groups in total. The lowest BCUT2D eigenvalue weighted by molar-refractivity contribution is -0.114. The van der Waals surface area contributed by atoms with Crippen molar-refractivity contribution in [1.29, 1.82) is 5.41 Å². The SMILES string of the molecule is CCSC1=NSC2=NC(=O)/C(=C\c3ccc(OCCOc4ccccc4OC)cc3)C(=N)N12. The van der Waals surface area contributed by atoms with Crippen molar-refractivity contribution in [3.05, 3.63) is 59.7 Å². The Hall–Kier alpha value is -3.24. The molecule has 2 aromatic carbocycles. The van der Waals surface area contributed by atoms with E-state index in [2.05, 4.69) is 9.39 Å². The van der Waals surface area contributed by atoms with Gasteiger partial charge in [0.05, 0.1) is 24.6 Å². The van der Waals surface area contributed by atoms with Crippen molar-refractivity contribution >= 4 is 51.9 Å². The van der Waals surface area contributed by atoms with Crippen LogP contribution in [0, 0.1) is 5.41 Å². The number of amides is 1. The molecular weight excluding hydrogens is 460 g/mol. The zero-order chi connectivity index (χ0) is 23.2. The van der Waals surface area contributed by atoms with Crippen LogP contribution < -0.4 is 14.2 Å². The molecule has 2 aliphatic heterocycles. The zero-order valence-electron chi connectivity index (χ0n) is 18.1. The maximum atomic E-state index is 12.5. The number of nitrogens with zero attached hydrogens (tertiary/aromatic N) is 3. The molecule has 0 spiro atoms. The largest absolute Gasteiger partial charge is 0.493 e. The number of methoxy groups -OCH3 is 1. The first-order valence-electron chi connectivity index (χ1n) is 10.2. The van der Waals surface area contributed by atoms with Crippen LogP contribution in [0.4, 0.5) is 0 Å². The fraction of sp³-hybridized carbons (Fsp3) is 0.217. The highest BCUT2D eigenvalue weighted by atomic mass is 32.2. The molecule has 0 unspecified atom stereocenters. The third-order valence-electron chi connectivity index (χ3n) is 4.64. The van der Waals surface area contributed by atoms with Crippen LogP contribution in [-0.4, -0.2) is 53.1 Å². The maximum absolute atomic E-state index is 12.5. The van der Waals surface area contributed by atoms with Crippen molar-refractivity contribution in [2.24, 2.45) is 9.39 Å². The highest BCUT2D eigenvalue weighted by Crippen LogP contribution is 2.32. The van der Waals surface area contributed by atoms with E-state index in [1.807, 2.05) is 55.5 Å². The Labute approximate surface area is 200 Å². The van der Waals surface area contributed by atoms with Crippen LogP contribution in [0.1, 0.15) is 12.5 Å². The number of aliphatic imine (C=N–C) groups is 1. The lowest BCUT2D eigenvalue weighted by Gasteiger charge is -2.24. The van der Waals surface area contributed by atoms with Gasteiger partial charge in [0.25, 0.3) is 5.91 Å². The highest BCUT2D eigenvalue weighted by molar-refractivity contribution is 8.19. The number of para-hydroxylation sites is 2. The van der Waals surface area contributed by atoms with Crippen LogP contribution in [0.25, 0.3) is 6.08 Å². The van der Waals surface area contributed by atoms with E-state index >= 15 is 0 Å². The van der Waals surface area contributed by atoms with E-state index in [-0.39, 0.29) is 11.4 Å². The van der Waals surface area contributed by atoms with Gasteiger partial charge < -0.3 is 14.2 Å². The fourth-order valence-corrected chi connectivity index (χ4v) is 4.67. The van der Waals surface area contributed by atoms with Gasteiger partial charge >= 0.3 is 0 Å². The molecule has 0 saturated carbocycles. The highest BCUT2D eigenvalue weighted by Gasteiger charge is 2.37. The van der Waals surface area contributed by atoms with E-state index in [0.29, 0.717) is 40.8 Å². The van der Waals surface area contributed by atoms with E-state index in [0.717, 1.165) is 23.3 Å². The molecular formula is C23H22N4O4S2. The molecule has 0 fully saturated rings. The topological polar surface area (TPSA) is 96.6 Å². The summed E-state index contributed by atoms with van der Waals surface area (Å²) in [6.45, 7) is 2.74. The number of nitrogens with one attached hydrogen (secondary N) is 1. The molecule has 0 aromatic heterocycles. The molecule has 2 aromatic rings. The van der Waals surface area contributed by atoms with Gasteiger partial charge in [-0.2, -0.15) is 9.39 Å². The lowest BCUT2D eigenvalue weighted by atomic mass is 10.1. The Morgan fingerprint density at radius 1 is 1.09 bits per heavy atom. The summed E-state index contributed by atoms with van der Waals surface area (Å²) in [7, 11) is 1.60. The minimum Gasteiger partial charge on any atom is -0.493 e. The number of carbonyl (C=O) groups excluding carboxylic acids is 1. The zero-order valence-corrected chi connectivity index (χ0v) is 19.7. The van der Waals surface area contributed by atoms with E-state index in [4.69, 9.17) is 19.6 Å². The quantitative estimate of drug-likeness (QED) is 0.337. The van der Waals surface area contributed by atoms with Crippen LogP contribution >= 0.6 is 23.7 Å². The molecule has 0 bridgehead atoms. The van der Waals surface area contributed by atoms with Crippen LogP contribution in [0.3, 0.4) is 0 Å². The monoisotopic (exact) mass is 482 g/mol. The van der Waals surface area contributed by atoms with Gasteiger partial charge in [-0.3, -0.25) is 10.2 Å². The van der Waals surface area contributed by atoms with Crippen LogP contribution in [0.2, 0.25) is 0 Å². The minimum absolute atomic E-state index is 0.0866. The van der Waals surface area contributed by atoms with Gasteiger partial charge in [-0.1, -0.05) is 43.0 Å². The van der Waals surface area contributed by atoms with Gasteiger partial charge in [-0.25, -0.2) is 4.90 Å². The Kier molecular flexibility index (Phi) is 7.36. The summed E-state index contributed by atoms with van der Waals surface area (Å²) in [5.41, 5.74) is 0.998. The lowest BCUT2D eigenvalue weighted by Crippen LogP contribution is -2.41. The predicted molar refractivity (Wildman–Crippen MR) is 134 cm³/mol. The number of fused-ring (bicyclic) bond motifs is 1. The van der Waals surface area contributed by atoms with Crippen molar-refractivity contribution < 1.29 is 19.0 Å². The first-order chi connectivity index (χ1) is 16.1. The molecule has 33 heavy (non-hydrogen) atoms. The van der Waals surface area contributed by atoms with Gasteiger partial charge in [-0.05, 0) is 41.7 Å². The summed E-state index contributed by atoms with van der Waals surface area (Å²) in [5.74, 6) is 2.48. The minimum atomic E-state index is -0.439. The number of ether oxygens (including phenoxy) is 3. The van der Waals surface area contributed by atoms with Crippen molar-refractivity contribution in [1.82, 2.24) is 4.90 Å². The number of amidine groups is 3. The van der Waals surface area contributed by atoms with Crippen molar-refractivity contribution in [2.75, 3.05) is 26.1 Å². The second kappa shape index (κ2) is 10.6. The summed E-state index contributed by atoms with van der Waals surface area (Å²) in [5, 5.41) is 9.62. The van der Waals surface area contributed by atoms with Gasteiger partial charge in [0.1, 0.15) is 24.8 Å². The molecule has 2 aliphatic rings. The fourth-order valence-electron chi connectivity index (χ4n) is 3.10. The average Bonchev–Trinajstić information content (AvgIpc) is 3.23. The normalized spacial score (nSPS) is 16.4. The van der Waals surface area contributed by atoms with E-state index in [1.54, 1.807) is 18.1 Å². The van der Waals surface area contributed by atoms with E-state index < -0.39 is 5.91 Å². The van der Waals surface area contributed by atoms with Crippen LogP contribution in [-0.2, 0) is 4.79 Å². The first kappa shape index (κ1) is 22.9. The summed E-state index contributed by atoms with van der Waals surface area (Å²) in [6.07, 6.45) is 1.66. The smallest absolute Gasteiger partial charge is 0.283 e. The first-order valence-corrected chi connectivity index (χ1v) is 12.0. The van der Waals surface area contributed by atoms with Crippen molar-refractivity contribution in [3.8, 4) is 17.2 Å². The van der Waals surface area contributed by atoms with Crippen molar-refractivity contribution in [2.45, 2.75) is 6.92 Å². The summed E-state index contributed by atoms with van der Waals surface area (Å²) >= 11 is 2.63. The van der Waals surface area contributed by atoms with Crippen molar-refractivity contribution in [3.63, 3.8) is 0 Å². The van der Waals surface area contributed by atoms with Crippen LogP contribution in [0.5, 0.6) is 17.2 Å².